The van der Waals surface area contributed by atoms with Gasteiger partial charge in [0, 0.05) is 29.9 Å². The second-order valence-electron chi connectivity index (χ2n) is 10.5. The Bertz CT molecular complexity index is 1210. The molecule has 2 aliphatic heterocycles. The van der Waals surface area contributed by atoms with Gasteiger partial charge in [-0.15, -0.1) is 0 Å². The number of hydrogen-bond acceptors (Lipinski definition) is 7. The Morgan fingerprint density at radius 2 is 2.00 bits per heavy atom. The topological polar surface area (TPSA) is 100 Å². The molecule has 0 saturated carbocycles. The molecule has 2 aliphatic rings. The van der Waals surface area contributed by atoms with Gasteiger partial charge in [-0.25, -0.2) is 9.97 Å². The number of carbonyl (C=O) groups is 1. The van der Waals surface area contributed by atoms with Crippen molar-refractivity contribution >= 4 is 29.0 Å². The molecular weight excluding hydrogens is 469 g/mol. The fourth-order valence-electron chi connectivity index (χ4n) is 4.86. The fraction of sp³-hybridized carbons (Fsp3) is 0.536. The second kappa shape index (κ2) is 11.5. The zero-order chi connectivity index (χ0) is 26.7. The Kier molecular flexibility index (Phi) is 8.32. The average molecular weight is 508 g/mol. The van der Waals surface area contributed by atoms with E-state index in [1.54, 1.807) is 4.90 Å². The third-order valence-electron chi connectivity index (χ3n) is 7.23. The quantitative estimate of drug-likeness (QED) is 0.371. The van der Waals surface area contributed by atoms with Crippen LogP contribution < -0.4 is 15.5 Å². The first-order chi connectivity index (χ1) is 17.7. The van der Waals surface area contributed by atoms with Crippen LogP contribution in [-0.4, -0.2) is 46.6 Å². The molecule has 1 saturated heterocycles. The smallest absolute Gasteiger partial charge is 0.260 e. The van der Waals surface area contributed by atoms with Crippen LogP contribution in [0.4, 0.5) is 16.0 Å². The molecule has 2 N–H and O–H groups in total. The van der Waals surface area contributed by atoms with Gasteiger partial charge < -0.3 is 10.6 Å². The van der Waals surface area contributed by atoms with Crippen LogP contribution in [0, 0.1) is 5.92 Å². The van der Waals surface area contributed by atoms with Crippen LogP contribution in [0.15, 0.2) is 34.5 Å². The molecule has 0 radical (unpaired) electrons. The van der Waals surface area contributed by atoms with E-state index < -0.39 is 0 Å². The summed E-state index contributed by atoms with van der Waals surface area (Å²) < 4.78 is 12.7. The van der Waals surface area contributed by atoms with Gasteiger partial charge in [-0.3, -0.25) is 14.1 Å². The zero-order valence-electron chi connectivity index (χ0n) is 22.5. The van der Waals surface area contributed by atoms with E-state index in [1.165, 1.54) is 0 Å². The number of pyridine rings is 2. The minimum Gasteiger partial charge on any atom is -0.354 e. The van der Waals surface area contributed by atoms with E-state index >= 15 is 0 Å². The highest BCUT2D eigenvalue weighted by atomic mass is 19.1. The minimum absolute atomic E-state index is 0.0171. The number of aromatic nitrogens is 2. The van der Waals surface area contributed by atoms with Crippen molar-refractivity contribution in [2.24, 2.45) is 21.9 Å². The van der Waals surface area contributed by atoms with Crippen molar-refractivity contribution in [3.8, 4) is 0 Å². The lowest BCUT2D eigenvalue weighted by Gasteiger charge is -2.24. The summed E-state index contributed by atoms with van der Waals surface area (Å²) in [5, 5.41) is 8.64. The van der Waals surface area contributed by atoms with Crippen LogP contribution in [-0.2, 0) is 6.54 Å². The first kappa shape index (κ1) is 26.9. The highest BCUT2D eigenvalue weighted by Gasteiger charge is 2.35. The van der Waals surface area contributed by atoms with E-state index in [9.17, 15) is 9.18 Å². The lowest BCUT2D eigenvalue weighted by molar-refractivity contribution is 0.0996. The Balaban J connectivity index is 1.58. The van der Waals surface area contributed by atoms with Gasteiger partial charge in [0.05, 0.1) is 35.9 Å². The van der Waals surface area contributed by atoms with Gasteiger partial charge >= 0.3 is 0 Å². The van der Waals surface area contributed by atoms with Crippen LogP contribution in [0.25, 0.3) is 0 Å². The van der Waals surface area contributed by atoms with Crippen molar-refractivity contribution in [1.82, 2.24) is 9.97 Å². The van der Waals surface area contributed by atoms with Crippen molar-refractivity contribution in [1.29, 1.82) is 0 Å². The van der Waals surface area contributed by atoms with Crippen molar-refractivity contribution in [3.05, 3.63) is 46.8 Å². The molecule has 0 spiro atoms. The summed E-state index contributed by atoms with van der Waals surface area (Å²) >= 11 is 0. The first-order valence-corrected chi connectivity index (χ1v) is 13.2. The van der Waals surface area contributed by atoms with Gasteiger partial charge in [0.2, 0.25) is 0 Å². The summed E-state index contributed by atoms with van der Waals surface area (Å²) in [6.07, 6.45) is 3.67. The van der Waals surface area contributed by atoms with Gasteiger partial charge in [-0.1, -0.05) is 13.0 Å². The summed E-state index contributed by atoms with van der Waals surface area (Å²) in [6.45, 7) is 10.7. The lowest BCUT2D eigenvalue weighted by Crippen LogP contribution is -2.28. The van der Waals surface area contributed by atoms with Crippen LogP contribution in [0.1, 0.15) is 93.7 Å². The molecular formula is C28H38FN7O. The molecule has 0 unspecified atom stereocenters. The summed E-state index contributed by atoms with van der Waals surface area (Å²) in [5.74, 6) is 1.30. The summed E-state index contributed by atoms with van der Waals surface area (Å²) in [6, 6.07) is 7.57. The van der Waals surface area contributed by atoms with Crippen LogP contribution in [0.2, 0.25) is 0 Å². The molecule has 37 heavy (non-hydrogen) atoms. The average Bonchev–Trinajstić information content (AvgIpc) is 3.47. The van der Waals surface area contributed by atoms with Gasteiger partial charge in [-0.05, 0) is 77.5 Å². The number of anilines is 2. The lowest BCUT2D eigenvalue weighted by atomic mass is 10.0. The molecule has 0 bridgehead atoms. The maximum Gasteiger partial charge on any atom is 0.260 e. The van der Waals surface area contributed by atoms with Crippen molar-refractivity contribution in [2.75, 3.05) is 23.0 Å². The normalized spacial score (nSPS) is 20.0. The summed E-state index contributed by atoms with van der Waals surface area (Å²) in [4.78, 5) is 27.2. The largest absolute Gasteiger partial charge is 0.354 e. The third kappa shape index (κ3) is 5.87. The second-order valence-corrected chi connectivity index (χ2v) is 10.5. The number of fused-ring (bicyclic) bond motifs is 1. The zero-order valence-corrected chi connectivity index (χ0v) is 22.5. The maximum absolute atomic E-state index is 13.6. The van der Waals surface area contributed by atoms with Crippen molar-refractivity contribution in [2.45, 2.75) is 78.9 Å². The number of nitrogens with zero attached hydrogens (tertiary/aromatic N) is 6. The Labute approximate surface area is 218 Å². The predicted octanol–water partition coefficient (Wildman–Crippen LogP) is 5.22. The Morgan fingerprint density at radius 1 is 1.22 bits per heavy atom. The van der Waals surface area contributed by atoms with E-state index in [-0.39, 0.29) is 24.5 Å². The highest BCUT2D eigenvalue weighted by molar-refractivity contribution is 6.10. The molecule has 1 amide bonds. The highest BCUT2D eigenvalue weighted by Crippen LogP contribution is 2.35. The molecule has 2 aromatic rings. The predicted molar refractivity (Wildman–Crippen MR) is 147 cm³/mol. The molecule has 3 atom stereocenters. The third-order valence-corrected chi connectivity index (χ3v) is 7.23. The van der Waals surface area contributed by atoms with Gasteiger partial charge in [-0.2, -0.15) is 10.2 Å². The molecule has 4 heterocycles. The molecule has 8 nitrogen and oxygen atoms in total. The number of carbonyl (C=O) groups excluding carboxylic acids is 1. The van der Waals surface area contributed by atoms with E-state index in [0.29, 0.717) is 41.8 Å². The van der Waals surface area contributed by atoms with Gasteiger partial charge in [0.25, 0.3) is 5.91 Å². The number of amides is 1. The Morgan fingerprint density at radius 3 is 2.68 bits per heavy atom. The molecule has 0 aliphatic carbocycles. The molecule has 4 rings (SSSR count). The number of hydrogen-bond donors (Lipinski definition) is 1. The first-order valence-electron chi connectivity index (χ1n) is 13.2. The standard InChI is InChI=1S/C28H38FN7O/c1-17(15-29)11-12-18(2)33-34-21(5)24-9-6-10-25(31-24)36-16-23-22(28(36)37)14-26(32-27(23)20(4)30)35-13-7-8-19(35)3/h6,9-10,14,17,19-20H,7-8,11-13,15-16,30H2,1-5H3/b33-18+,34-21+/t17-,19-,20+/m1/s1. The molecule has 1 fully saturated rings. The fourth-order valence-corrected chi connectivity index (χ4v) is 4.86. The van der Waals surface area contributed by atoms with Crippen LogP contribution >= 0.6 is 0 Å². The number of alkyl halides is 1. The number of rotatable bonds is 9. The van der Waals surface area contributed by atoms with E-state index in [1.807, 2.05) is 52.0 Å². The monoisotopic (exact) mass is 507 g/mol. The number of halogens is 1. The van der Waals surface area contributed by atoms with E-state index in [4.69, 9.17) is 15.7 Å². The van der Waals surface area contributed by atoms with Crippen LogP contribution in [0.3, 0.4) is 0 Å². The minimum atomic E-state index is -0.328. The maximum atomic E-state index is 13.6. The van der Waals surface area contributed by atoms with E-state index in [0.717, 1.165) is 48.6 Å². The van der Waals surface area contributed by atoms with E-state index in [2.05, 4.69) is 22.0 Å². The molecule has 0 aromatic carbocycles. The van der Waals surface area contributed by atoms with Crippen LogP contribution in [0.5, 0.6) is 0 Å². The van der Waals surface area contributed by atoms with Crippen molar-refractivity contribution in [3.63, 3.8) is 0 Å². The van der Waals surface area contributed by atoms with Gasteiger partial charge in [0.15, 0.2) is 0 Å². The SMILES string of the molecule is C/C(CC[C@@H](C)CF)=N\N=C(/C)c1cccc(N2Cc3c(cc(N4CCC[C@H]4C)nc3[C@H](C)N)C2=O)n1. The van der Waals surface area contributed by atoms with Crippen molar-refractivity contribution < 1.29 is 9.18 Å². The summed E-state index contributed by atoms with van der Waals surface area (Å²) in [7, 11) is 0. The summed E-state index contributed by atoms with van der Waals surface area (Å²) in [5.41, 5.74) is 10.7. The molecule has 2 aromatic heterocycles. The molecule has 9 heteroatoms. The Hall–Kier alpha value is -3.20. The van der Waals surface area contributed by atoms with Gasteiger partial charge in [0.1, 0.15) is 11.6 Å². The molecule has 198 valence electrons. The number of nitrogens with two attached hydrogens (primary N) is 1.